The van der Waals surface area contributed by atoms with Crippen molar-refractivity contribution in [1.82, 2.24) is 5.32 Å². The zero-order valence-electron chi connectivity index (χ0n) is 19.8. The van der Waals surface area contributed by atoms with Crippen LogP contribution in [-0.4, -0.2) is 31.4 Å². The molecular formula is C28H26N2O5S. The number of carboxylic acids is 1. The molecule has 7 nitrogen and oxygen atoms in total. The van der Waals surface area contributed by atoms with Gasteiger partial charge in [-0.25, -0.2) is 13.2 Å². The van der Waals surface area contributed by atoms with Crippen molar-refractivity contribution >= 4 is 38.4 Å². The third kappa shape index (κ3) is 5.55. The van der Waals surface area contributed by atoms with Gasteiger partial charge in [0.25, 0.3) is 15.9 Å². The van der Waals surface area contributed by atoms with E-state index in [-0.39, 0.29) is 10.8 Å². The molecule has 0 saturated heterocycles. The summed E-state index contributed by atoms with van der Waals surface area (Å²) in [6.07, 6.45) is 0. The Morgan fingerprint density at radius 1 is 0.778 bits per heavy atom. The fraction of sp³-hybridized carbons (Fsp3) is 0.143. The molecule has 1 amide bonds. The zero-order chi connectivity index (χ0) is 25.9. The van der Waals surface area contributed by atoms with Crippen molar-refractivity contribution in [3.8, 4) is 11.1 Å². The molecule has 3 N–H and O–H groups in total. The lowest BCUT2D eigenvalue weighted by molar-refractivity contribution is -0.140. The van der Waals surface area contributed by atoms with Crippen LogP contribution in [0.4, 0.5) is 5.69 Å². The molecule has 0 spiro atoms. The maximum Gasteiger partial charge on any atom is 0.326 e. The molecule has 0 aliphatic rings. The van der Waals surface area contributed by atoms with Crippen LogP contribution in [0, 0.1) is 5.92 Å². The Kier molecular flexibility index (Phi) is 7.07. The number of carbonyl (C=O) groups is 2. The van der Waals surface area contributed by atoms with Crippen molar-refractivity contribution in [2.24, 2.45) is 5.92 Å². The van der Waals surface area contributed by atoms with Crippen molar-refractivity contribution in [2.75, 3.05) is 4.72 Å². The van der Waals surface area contributed by atoms with Crippen LogP contribution in [0.15, 0.2) is 95.9 Å². The first-order valence-corrected chi connectivity index (χ1v) is 12.9. The number of aliphatic carboxylic acids is 1. The van der Waals surface area contributed by atoms with Gasteiger partial charge in [-0.2, -0.15) is 0 Å². The lowest BCUT2D eigenvalue weighted by Crippen LogP contribution is -2.44. The second-order valence-corrected chi connectivity index (χ2v) is 10.5. The summed E-state index contributed by atoms with van der Waals surface area (Å²) < 4.78 is 28.6. The minimum absolute atomic E-state index is 0.169. The van der Waals surface area contributed by atoms with Crippen LogP contribution in [0.3, 0.4) is 0 Å². The van der Waals surface area contributed by atoms with Gasteiger partial charge in [0, 0.05) is 11.3 Å². The van der Waals surface area contributed by atoms with Gasteiger partial charge < -0.3 is 10.4 Å². The molecule has 0 aromatic heterocycles. The zero-order valence-corrected chi connectivity index (χ0v) is 20.6. The van der Waals surface area contributed by atoms with Gasteiger partial charge in [0.05, 0.1) is 4.90 Å². The van der Waals surface area contributed by atoms with E-state index in [2.05, 4.69) is 10.0 Å². The molecule has 0 aliphatic carbocycles. The molecule has 1 atom stereocenters. The molecule has 8 heteroatoms. The van der Waals surface area contributed by atoms with Gasteiger partial charge >= 0.3 is 5.97 Å². The number of fused-ring (bicyclic) bond motifs is 1. The number of amides is 1. The third-order valence-electron chi connectivity index (χ3n) is 5.85. The molecule has 1 unspecified atom stereocenters. The SMILES string of the molecule is CC(C)C(NC(=O)c1ccc(-c2cccc(NS(=O)(=O)c3ccc4ccccc4c3)c2)cc1)C(=O)O. The number of anilines is 1. The molecule has 36 heavy (non-hydrogen) atoms. The molecule has 0 aliphatic heterocycles. The van der Waals surface area contributed by atoms with Gasteiger partial charge in [0.1, 0.15) is 6.04 Å². The van der Waals surface area contributed by atoms with Crippen LogP contribution in [0.5, 0.6) is 0 Å². The minimum atomic E-state index is -3.80. The van der Waals surface area contributed by atoms with Crippen molar-refractivity contribution in [2.45, 2.75) is 24.8 Å². The monoisotopic (exact) mass is 502 g/mol. The normalized spacial score (nSPS) is 12.3. The van der Waals surface area contributed by atoms with E-state index in [1.54, 1.807) is 74.5 Å². The molecule has 4 aromatic rings. The Labute approximate surface area is 209 Å². The van der Waals surface area contributed by atoms with E-state index in [1.165, 1.54) is 0 Å². The Bertz CT molecular complexity index is 1530. The van der Waals surface area contributed by atoms with Crippen LogP contribution in [0.25, 0.3) is 21.9 Å². The van der Waals surface area contributed by atoms with Crippen LogP contribution in [-0.2, 0) is 14.8 Å². The highest BCUT2D eigenvalue weighted by molar-refractivity contribution is 7.92. The number of nitrogens with one attached hydrogen (secondary N) is 2. The van der Waals surface area contributed by atoms with Crippen LogP contribution < -0.4 is 10.0 Å². The van der Waals surface area contributed by atoms with Gasteiger partial charge in [-0.1, -0.05) is 68.4 Å². The number of hydrogen-bond acceptors (Lipinski definition) is 4. The smallest absolute Gasteiger partial charge is 0.326 e. The summed E-state index contributed by atoms with van der Waals surface area (Å²) in [6.45, 7) is 3.45. The lowest BCUT2D eigenvalue weighted by atomic mass is 10.0. The van der Waals surface area contributed by atoms with Crippen LogP contribution >= 0.6 is 0 Å². The van der Waals surface area contributed by atoms with Gasteiger partial charge in [-0.05, 0) is 64.2 Å². The van der Waals surface area contributed by atoms with E-state index in [9.17, 15) is 23.1 Å². The van der Waals surface area contributed by atoms with E-state index in [1.807, 2.05) is 30.3 Å². The van der Waals surface area contributed by atoms with Crippen molar-refractivity contribution in [1.29, 1.82) is 0 Å². The lowest BCUT2D eigenvalue weighted by Gasteiger charge is -2.18. The summed E-state index contributed by atoms with van der Waals surface area (Å²) in [4.78, 5) is 24.0. The number of benzene rings is 4. The summed E-state index contributed by atoms with van der Waals surface area (Å²) in [6, 6.07) is 25.2. The average molecular weight is 503 g/mol. The van der Waals surface area contributed by atoms with Crippen molar-refractivity contribution in [3.05, 3.63) is 96.6 Å². The van der Waals surface area contributed by atoms with E-state index in [4.69, 9.17) is 0 Å². The van der Waals surface area contributed by atoms with Crippen molar-refractivity contribution in [3.63, 3.8) is 0 Å². The minimum Gasteiger partial charge on any atom is -0.480 e. The van der Waals surface area contributed by atoms with E-state index in [0.29, 0.717) is 11.3 Å². The fourth-order valence-electron chi connectivity index (χ4n) is 3.86. The highest BCUT2D eigenvalue weighted by Gasteiger charge is 2.24. The first-order chi connectivity index (χ1) is 17.1. The second kappa shape index (κ2) is 10.2. The summed E-state index contributed by atoms with van der Waals surface area (Å²) >= 11 is 0. The number of rotatable bonds is 8. The van der Waals surface area contributed by atoms with E-state index in [0.717, 1.165) is 21.9 Å². The Hall–Kier alpha value is -4.17. The Morgan fingerprint density at radius 3 is 2.14 bits per heavy atom. The van der Waals surface area contributed by atoms with Gasteiger partial charge in [0.15, 0.2) is 0 Å². The maximum atomic E-state index is 13.0. The highest BCUT2D eigenvalue weighted by atomic mass is 32.2. The Morgan fingerprint density at radius 2 is 1.47 bits per heavy atom. The first-order valence-electron chi connectivity index (χ1n) is 11.4. The number of carbonyl (C=O) groups excluding carboxylic acids is 1. The maximum absolute atomic E-state index is 13.0. The first kappa shape index (κ1) is 24.9. The largest absolute Gasteiger partial charge is 0.480 e. The summed E-state index contributed by atoms with van der Waals surface area (Å²) in [5.41, 5.74) is 2.27. The molecule has 0 radical (unpaired) electrons. The van der Waals surface area contributed by atoms with Gasteiger partial charge in [0.2, 0.25) is 0 Å². The predicted octanol–water partition coefficient (Wildman–Crippen LogP) is 5.15. The molecule has 4 aromatic carbocycles. The third-order valence-corrected chi connectivity index (χ3v) is 7.22. The molecule has 0 bridgehead atoms. The standard InChI is InChI=1S/C28H26N2O5S/c1-18(2)26(28(32)33)29-27(31)21-12-10-20(11-13-21)22-8-5-9-24(16-22)30-36(34,35)25-15-14-19-6-3-4-7-23(19)17-25/h3-18,26,30H,1-2H3,(H,29,31)(H,32,33). The van der Waals surface area contributed by atoms with Crippen molar-refractivity contribution < 1.29 is 23.1 Å². The molecule has 184 valence electrons. The molecule has 0 heterocycles. The van der Waals surface area contributed by atoms with E-state index >= 15 is 0 Å². The summed E-state index contributed by atoms with van der Waals surface area (Å²) in [5, 5.41) is 13.6. The Balaban J connectivity index is 1.52. The predicted molar refractivity (Wildman–Crippen MR) is 140 cm³/mol. The van der Waals surface area contributed by atoms with E-state index < -0.39 is 27.9 Å². The summed E-state index contributed by atoms with van der Waals surface area (Å²) in [5.74, 6) is -1.82. The topological polar surface area (TPSA) is 113 Å². The second-order valence-electron chi connectivity index (χ2n) is 8.81. The molecule has 0 fully saturated rings. The molecule has 0 saturated carbocycles. The summed E-state index contributed by atoms with van der Waals surface area (Å²) in [7, 11) is -3.80. The number of hydrogen-bond donors (Lipinski definition) is 3. The fourth-order valence-corrected chi connectivity index (χ4v) is 4.95. The molecule has 4 rings (SSSR count). The average Bonchev–Trinajstić information content (AvgIpc) is 2.86. The van der Waals surface area contributed by atoms with Crippen LogP contribution in [0.1, 0.15) is 24.2 Å². The van der Waals surface area contributed by atoms with Gasteiger partial charge in [-0.3, -0.25) is 9.52 Å². The van der Waals surface area contributed by atoms with Gasteiger partial charge in [-0.15, -0.1) is 0 Å². The molecular weight excluding hydrogens is 476 g/mol. The quantitative estimate of drug-likeness (QED) is 0.309. The highest BCUT2D eigenvalue weighted by Crippen LogP contribution is 2.26. The number of carboxylic acid groups (broad SMARTS) is 1. The van der Waals surface area contributed by atoms with Crippen LogP contribution in [0.2, 0.25) is 0 Å². The number of sulfonamides is 1.